The SMILES string of the molecule is Cc1[nH]c(CN)nc1-c1ccco1. The monoisotopic (exact) mass is 177 g/mol. The van der Waals surface area contributed by atoms with Crippen LogP contribution in [0.25, 0.3) is 11.5 Å². The van der Waals surface area contributed by atoms with Gasteiger partial charge >= 0.3 is 0 Å². The first kappa shape index (κ1) is 8.07. The number of aromatic amines is 1. The summed E-state index contributed by atoms with van der Waals surface area (Å²) in [5.41, 5.74) is 7.28. The molecule has 13 heavy (non-hydrogen) atoms. The van der Waals surface area contributed by atoms with Crippen LogP contribution in [0.15, 0.2) is 22.8 Å². The zero-order chi connectivity index (χ0) is 9.26. The molecule has 0 atom stereocenters. The summed E-state index contributed by atoms with van der Waals surface area (Å²) in [7, 11) is 0. The zero-order valence-electron chi connectivity index (χ0n) is 7.37. The minimum Gasteiger partial charge on any atom is -0.463 e. The highest BCUT2D eigenvalue weighted by molar-refractivity contribution is 5.55. The molecule has 0 amide bonds. The fourth-order valence-corrected chi connectivity index (χ4v) is 1.27. The molecule has 4 nitrogen and oxygen atoms in total. The number of H-pyrrole nitrogens is 1. The highest BCUT2D eigenvalue weighted by atomic mass is 16.3. The topological polar surface area (TPSA) is 67.8 Å². The molecule has 4 heteroatoms. The molecule has 68 valence electrons. The van der Waals surface area contributed by atoms with Gasteiger partial charge in [-0.25, -0.2) is 4.98 Å². The van der Waals surface area contributed by atoms with Crippen LogP contribution < -0.4 is 5.73 Å². The quantitative estimate of drug-likeness (QED) is 0.729. The molecule has 0 unspecified atom stereocenters. The highest BCUT2D eigenvalue weighted by Crippen LogP contribution is 2.20. The molecule has 3 N–H and O–H groups in total. The van der Waals surface area contributed by atoms with E-state index < -0.39 is 0 Å². The van der Waals surface area contributed by atoms with E-state index in [2.05, 4.69) is 9.97 Å². The zero-order valence-corrected chi connectivity index (χ0v) is 7.37. The summed E-state index contributed by atoms with van der Waals surface area (Å²) < 4.78 is 5.23. The first-order valence-corrected chi connectivity index (χ1v) is 4.10. The average Bonchev–Trinajstić information content (AvgIpc) is 2.72. The second-order valence-corrected chi connectivity index (χ2v) is 2.84. The fourth-order valence-electron chi connectivity index (χ4n) is 1.27. The number of aromatic nitrogens is 2. The summed E-state index contributed by atoms with van der Waals surface area (Å²) in [5.74, 6) is 1.55. The normalized spacial score (nSPS) is 10.6. The number of rotatable bonds is 2. The van der Waals surface area contributed by atoms with Crippen LogP contribution in [-0.4, -0.2) is 9.97 Å². The number of nitrogens with one attached hydrogen (secondary N) is 1. The lowest BCUT2D eigenvalue weighted by atomic mass is 10.3. The van der Waals surface area contributed by atoms with Gasteiger partial charge in [-0.1, -0.05) is 0 Å². The van der Waals surface area contributed by atoms with Gasteiger partial charge in [0, 0.05) is 5.69 Å². The number of hydrogen-bond donors (Lipinski definition) is 2. The second kappa shape index (κ2) is 3.06. The van der Waals surface area contributed by atoms with Crippen LogP contribution >= 0.6 is 0 Å². The molecule has 0 aromatic carbocycles. The molecule has 0 aliphatic heterocycles. The van der Waals surface area contributed by atoms with E-state index in [1.807, 2.05) is 19.1 Å². The largest absolute Gasteiger partial charge is 0.463 e. The molecular formula is C9H11N3O. The Morgan fingerprint density at radius 1 is 1.62 bits per heavy atom. The van der Waals surface area contributed by atoms with Crippen molar-refractivity contribution in [2.24, 2.45) is 5.73 Å². The molecule has 0 saturated heterocycles. The highest BCUT2D eigenvalue weighted by Gasteiger charge is 2.09. The molecule has 0 spiro atoms. The molecule has 2 heterocycles. The summed E-state index contributed by atoms with van der Waals surface area (Å²) in [4.78, 5) is 7.38. The van der Waals surface area contributed by atoms with E-state index in [1.54, 1.807) is 6.26 Å². The Morgan fingerprint density at radius 2 is 2.46 bits per heavy atom. The molecular weight excluding hydrogens is 166 g/mol. The number of imidazole rings is 1. The third-order valence-electron chi connectivity index (χ3n) is 1.88. The van der Waals surface area contributed by atoms with E-state index in [0.717, 1.165) is 23.0 Å². The van der Waals surface area contributed by atoms with E-state index in [9.17, 15) is 0 Å². The van der Waals surface area contributed by atoms with Crippen LogP contribution in [0, 0.1) is 6.92 Å². The number of hydrogen-bond acceptors (Lipinski definition) is 3. The molecule has 0 saturated carbocycles. The van der Waals surface area contributed by atoms with Crippen molar-refractivity contribution < 1.29 is 4.42 Å². The first-order chi connectivity index (χ1) is 6.31. The molecule has 0 fully saturated rings. The predicted octanol–water partition coefficient (Wildman–Crippen LogP) is 1.44. The van der Waals surface area contributed by atoms with Gasteiger partial charge in [-0.05, 0) is 19.1 Å². The molecule has 2 rings (SSSR count). The second-order valence-electron chi connectivity index (χ2n) is 2.84. The molecule has 0 radical (unpaired) electrons. The average molecular weight is 177 g/mol. The van der Waals surface area contributed by atoms with Crippen molar-refractivity contribution in [1.82, 2.24) is 9.97 Å². The van der Waals surface area contributed by atoms with Crippen molar-refractivity contribution in [3.8, 4) is 11.5 Å². The Bertz CT molecular complexity index is 389. The van der Waals surface area contributed by atoms with Crippen molar-refractivity contribution in [3.05, 3.63) is 29.9 Å². The Kier molecular flexibility index (Phi) is 1.90. The lowest BCUT2D eigenvalue weighted by molar-refractivity contribution is 0.580. The summed E-state index contributed by atoms with van der Waals surface area (Å²) in [6.07, 6.45) is 1.63. The van der Waals surface area contributed by atoms with Gasteiger partial charge in [0.1, 0.15) is 11.5 Å². The fraction of sp³-hybridized carbons (Fsp3) is 0.222. The summed E-state index contributed by atoms with van der Waals surface area (Å²) >= 11 is 0. The van der Waals surface area contributed by atoms with Crippen LogP contribution in [0.3, 0.4) is 0 Å². The van der Waals surface area contributed by atoms with Gasteiger partial charge in [-0.15, -0.1) is 0 Å². The van der Waals surface area contributed by atoms with Crippen LogP contribution in [0.2, 0.25) is 0 Å². The third-order valence-corrected chi connectivity index (χ3v) is 1.88. The Balaban J connectivity index is 2.46. The van der Waals surface area contributed by atoms with Gasteiger partial charge in [-0.2, -0.15) is 0 Å². The summed E-state index contributed by atoms with van der Waals surface area (Å²) in [6, 6.07) is 3.72. The van der Waals surface area contributed by atoms with Crippen molar-refractivity contribution in [1.29, 1.82) is 0 Å². The molecule has 0 aliphatic carbocycles. The van der Waals surface area contributed by atoms with Gasteiger partial charge in [0.15, 0.2) is 5.76 Å². The lowest BCUT2D eigenvalue weighted by Crippen LogP contribution is -1.97. The Morgan fingerprint density at radius 3 is 3.00 bits per heavy atom. The van der Waals surface area contributed by atoms with Crippen LogP contribution in [0.4, 0.5) is 0 Å². The van der Waals surface area contributed by atoms with Gasteiger partial charge in [0.05, 0.1) is 12.8 Å². The lowest BCUT2D eigenvalue weighted by Gasteiger charge is -1.89. The van der Waals surface area contributed by atoms with Crippen molar-refractivity contribution in [2.75, 3.05) is 0 Å². The van der Waals surface area contributed by atoms with E-state index in [4.69, 9.17) is 10.2 Å². The molecule has 0 bridgehead atoms. The molecule has 2 aromatic rings. The summed E-state index contributed by atoms with van der Waals surface area (Å²) in [5, 5.41) is 0. The van der Waals surface area contributed by atoms with Gasteiger partial charge in [0.25, 0.3) is 0 Å². The maximum atomic E-state index is 5.46. The third kappa shape index (κ3) is 1.36. The van der Waals surface area contributed by atoms with E-state index in [-0.39, 0.29) is 0 Å². The number of nitrogens with zero attached hydrogens (tertiary/aromatic N) is 1. The van der Waals surface area contributed by atoms with Crippen molar-refractivity contribution >= 4 is 0 Å². The number of nitrogens with two attached hydrogens (primary N) is 1. The van der Waals surface area contributed by atoms with Crippen molar-refractivity contribution in [3.63, 3.8) is 0 Å². The van der Waals surface area contributed by atoms with Gasteiger partial charge in [0.2, 0.25) is 0 Å². The first-order valence-electron chi connectivity index (χ1n) is 4.10. The Labute approximate surface area is 75.8 Å². The molecule has 0 aliphatic rings. The van der Waals surface area contributed by atoms with E-state index >= 15 is 0 Å². The van der Waals surface area contributed by atoms with Crippen molar-refractivity contribution in [2.45, 2.75) is 13.5 Å². The number of aryl methyl sites for hydroxylation is 1. The Hall–Kier alpha value is -1.55. The standard InChI is InChI=1S/C9H11N3O/c1-6-9(7-3-2-4-13-7)12-8(5-10)11-6/h2-4H,5,10H2,1H3,(H,11,12). The van der Waals surface area contributed by atoms with Crippen LogP contribution in [-0.2, 0) is 6.54 Å². The smallest absolute Gasteiger partial charge is 0.154 e. The minimum absolute atomic E-state index is 0.418. The maximum Gasteiger partial charge on any atom is 0.154 e. The number of furan rings is 1. The molecule has 2 aromatic heterocycles. The van der Waals surface area contributed by atoms with Gasteiger partial charge in [-0.3, -0.25) is 0 Å². The van der Waals surface area contributed by atoms with Gasteiger partial charge < -0.3 is 15.1 Å². The predicted molar refractivity (Wildman–Crippen MR) is 48.9 cm³/mol. The van der Waals surface area contributed by atoms with E-state index in [1.165, 1.54) is 0 Å². The summed E-state index contributed by atoms with van der Waals surface area (Å²) in [6.45, 7) is 2.37. The van der Waals surface area contributed by atoms with Crippen LogP contribution in [0.5, 0.6) is 0 Å². The minimum atomic E-state index is 0.418. The van der Waals surface area contributed by atoms with E-state index in [0.29, 0.717) is 6.54 Å². The van der Waals surface area contributed by atoms with Crippen LogP contribution in [0.1, 0.15) is 11.5 Å². The maximum absolute atomic E-state index is 5.46.